The summed E-state index contributed by atoms with van der Waals surface area (Å²) in [4.78, 5) is 13.0. The topological polar surface area (TPSA) is 32.3 Å². The van der Waals surface area contributed by atoms with Crippen LogP contribution in [0.2, 0.25) is 0 Å². The van der Waals surface area contributed by atoms with E-state index in [0.29, 0.717) is 0 Å². The zero-order valence-electron chi connectivity index (χ0n) is 10.3. The lowest BCUT2D eigenvalue weighted by molar-refractivity contribution is 0.590. The first kappa shape index (κ1) is 11.2. The SMILES string of the molecule is CN1[B]N(c2ccc(-c3cccnc3)cn2)CC1. The smallest absolute Gasteiger partial charge is 0.353 e. The van der Waals surface area contributed by atoms with Crippen molar-refractivity contribution in [3.05, 3.63) is 42.9 Å². The van der Waals surface area contributed by atoms with Crippen molar-refractivity contribution in [2.24, 2.45) is 0 Å². The van der Waals surface area contributed by atoms with Crippen LogP contribution in [-0.4, -0.2) is 42.5 Å². The number of likely N-dealkylation sites (N-methyl/N-ethyl adjacent to an activating group) is 1. The summed E-state index contributed by atoms with van der Waals surface area (Å²) in [6, 6.07) is 8.12. The molecule has 0 unspecified atom stereocenters. The third-order valence-corrected chi connectivity index (χ3v) is 3.07. The maximum atomic E-state index is 4.51. The van der Waals surface area contributed by atoms with E-state index in [0.717, 1.165) is 30.0 Å². The van der Waals surface area contributed by atoms with Crippen LogP contribution in [0.3, 0.4) is 0 Å². The zero-order chi connectivity index (χ0) is 12.4. The fraction of sp³-hybridized carbons (Fsp3) is 0.231. The summed E-state index contributed by atoms with van der Waals surface area (Å²) < 4.78 is 0. The maximum absolute atomic E-state index is 4.51. The molecular weight excluding hydrogens is 223 g/mol. The Kier molecular flexibility index (Phi) is 2.98. The van der Waals surface area contributed by atoms with Gasteiger partial charge < -0.3 is 9.62 Å². The molecule has 3 rings (SSSR count). The third-order valence-electron chi connectivity index (χ3n) is 3.07. The van der Waals surface area contributed by atoms with Crippen LogP contribution < -0.4 is 4.81 Å². The van der Waals surface area contributed by atoms with Crippen molar-refractivity contribution in [1.82, 2.24) is 14.8 Å². The van der Waals surface area contributed by atoms with Gasteiger partial charge in [-0.2, -0.15) is 0 Å². The van der Waals surface area contributed by atoms with Gasteiger partial charge in [-0.3, -0.25) is 4.98 Å². The summed E-state index contributed by atoms with van der Waals surface area (Å²) in [5.41, 5.74) is 2.19. The van der Waals surface area contributed by atoms with Crippen molar-refractivity contribution in [2.75, 3.05) is 24.9 Å². The molecule has 1 aliphatic heterocycles. The Bertz CT molecular complexity index is 514. The number of hydrogen-bond acceptors (Lipinski definition) is 4. The van der Waals surface area contributed by atoms with Gasteiger partial charge in [-0.1, -0.05) is 6.07 Å². The van der Waals surface area contributed by atoms with Crippen LogP contribution in [-0.2, 0) is 0 Å². The van der Waals surface area contributed by atoms with E-state index in [-0.39, 0.29) is 0 Å². The van der Waals surface area contributed by atoms with Crippen LogP contribution in [0, 0.1) is 0 Å². The summed E-state index contributed by atoms with van der Waals surface area (Å²) >= 11 is 0. The molecule has 5 heteroatoms. The molecule has 89 valence electrons. The summed E-state index contributed by atoms with van der Waals surface area (Å²) in [6.07, 6.45) is 5.53. The fourth-order valence-corrected chi connectivity index (χ4v) is 2.05. The molecule has 0 spiro atoms. The summed E-state index contributed by atoms with van der Waals surface area (Å²) in [7, 11) is 4.16. The average Bonchev–Trinajstić information content (AvgIpc) is 2.87. The molecular formula is C13H14BN4. The van der Waals surface area contributed by atoms with Crippen molar-refractivity contribution < 1.29 is 0 Å². The molecule has 0 N–H and O–H groups in total. The highest BCUT2D eigenvalue weighted by molar-refractivity contribution is 6.39. The Morgan fingerprint density at radius 3 is 2.61 bits per heavy atom. The van der Waals surface area contributed by atoms with Crippen LogP contribution in [0.1, 0.15) is 0 Å². The fourth-order valence-electron chi connectivity index (χ4n) is 2.05. The molecule has 2 aromatic rings. The van der Waals surface area contributed by atoms with E-state index in [1.165, 1.54) is 0 Å². The third kappa shape index (κ3) is 2.22. The number of rotatable bonds is 2. The van der Waals surface area contributed by atoms with Crippen molar-refractivity contribution >= 4 is 13.4 Å². The number of anilines is 1. The normalized spacial score (nSPS) is 15.7. The van der Waals surface area contributed by atoms with Crippen molar-refractivity contribution in [3.8, 4) is 11.1 Å². The average molecular weight is 237 g/mol. The van der Waals surface area contributed by atoms with Crippen LogP contribution in [0.4, 0.5) is 5.82 Å². The minimum Gasteiger partial charge on any atom is -0.388 e. The molecule has 0 aliphatic carbocycles. The molecule has 1 radical (unpaired) electrons. The van der Waals surface area contributed by atoms with Gasteiger partial charge >= 0.3 is 7.55 Å². The van der Waals surface area contributed by atoms with Gasteiger partial charge in [0.15, 0.2) is 0 Å². The van der Waals surface area contributed by atoms with E-state index < -0.39 is 0 Å². The van der Waals surface area contributed by atoms with Gasteiger partial charge in [0.1, 0.15) is 5.82 Å². The maximum Gasteiger partial charge on any atom is 0.353 e. The first-order valence-electron chi connectivity index (χ1n) is 6.01. The van der Waals surface area contributed by atoms with E-state index in [1.807, 2.05) is 24.5 Å². The number of aromatic nitrogens is 2. The summed E-state index contributed by atoms with van der Waals surface area (Å²) in [5, 5.41) is 0. The lowest BCUT2D eigenvalue weighted by Crippen LogP contribution is -2.27. The molecule has 4 nitrogen and oxygen atoms in total. The first-order chi connectivity index (χ1) is 8.83. The van der Waals surface area contributed by atoms with Gasteiger partial charge in [0, 0.05) is 42.8 Å². The molecule has 1 saturated heterocycles. The molecule has 1 aliphatic rings. The van der Waals surface area contributed by atoms with Crippen molar-refractivity contribution in [3.63, 3.8) is 0 Å². The van der Waals surface area contributed by atoms with E-state index in [2.05, 4.69) is 46.3 Å². The molecule has 0 amide bonds. The van der Waals surface area contributed by atoms with Crippen LogP contribution >= 0.6 is 0 Å². The number of nitrogens with zero attached hydrogens (tertiary/aromatic N) is 4. The Labute approximate surface area is 108 Å². The van der Waals surface area contributed by atoms with E-state index >= 15 is 0 Å². The first-order valence-corrected chi connectivity index (χ1v) is 6.01. The van der Waals surface area contributed by atoms with Gasteiger partial charge in [0.25, 0.3) is 0 Å². The second kappa shape index (κ2) is 4.78. The standard InChI is InChI=1S/C13H14BN4/c1-17-7-8-18(14-17)13-5-4-12(10-16-13)11-3-2-6-15-9-11/h2-6,9-10H,7-8H2,1H3. The predicted molar refractivity (Wildman–Crippen MR) is 73.2 cm³/mol. The van der Waals surface area contributed by atoms with Gasteiger partial charge in [-0.05, 0) is 25.2 Å². The van der Waals surface area contributed by atoms with Gasteiger partial charge in [0.2, 0.25) is 0 Å². The summed E-state index contributed by atoms with van der Waals surface area (Å²) in [6.45, 7) is 2.04. The highest BCUT2D eigenvalue weighted by atomic mass is 15.3. The van der Waals surface area contributed by atoms with Crippen LogP contribution in [0.5, 0.6) is 0 Å². The second-order valence-corrected chi connectivity index (χ2v) is 4.44. The number of hydrogen-bond donors (Lipinski definition) is 0. The second-order valence-electron chi connectivity index (χ2n) is 4.44. The Morgan fingerprint density at radius 1 is 1.11 bits per heavy atom. The molecule has 18 heavy (non-hydrogen) atoms. The largest absolute Gasteiger partial charge is 0.388 e. The lowest BCUT2D eigenvalue weighted by Gasteiger charge is -2.15. The molecule has 0 bridgehead atoms. The van der Waals surface area contributed by atoms with E-state index in [9.17, 15) is 0 Å². The zero-order valence-corrected chi connectivity index (χ0v) is 10.3. The van der Waals surface area contributed by atoms with Crippen molar-refractivity contribution in [2.45, 2.75) is 0 Å². The minimum atomic E-state index is 0.993. The molecule has 0 saturated carbocycles. The molecule has 1 fully saturated rings. The van der Waals surface area contributed by atoms with E-state index in [4.69, 9.17) is 0 Å². The minimum absolute atomic E-state index is 0.993. The van der Waals surface area contributed by atoms with Gasteiger partial charge in [-0.15, -0.1) is 0 Å². The molecule has 0 atom stereocenters. The lowest BCUT2D eigenvalue weighted by atomic mass is 10.1. The van der Waals surface area contributed by atoms with Gasteiger partial charge in [-0.25, -0.2) is 4.98 Å². The Balaban J connectivity index is 1.81. The monoisotopic (exact) mass is 237 g/mol. The van der Waals surface area contributed by atoms with Crippen LogP contribution in [0.15, 0.2) is 42.9 Å². The predicted octanol–water partition coefficient (Wildman–Crippen LogP) is 1.43. The Morgan fingerprint density at radius 2 is 2.00 bits per heavy atom. The van der Waals surface area contributed by atoms with Crippen LogP contribution in [0.25, 0.3) is 11.1 Å². The molecule has 2 aromatic heterocycles. The molecule has 0 aromatic carbocycles. The highest BCUT2D eigenvalue weighted by Crippen LogP contribution is 2.20. The summed E-state index contributed by atoms with van der Waals surface area (Å²) in [5.74, 6) is 0.993. The van der Waals surface area contributed by atoms with Gasteiger partial charge in [0.05, 0.1) is 0 Å². The quantitative estimate of drug-likeness (QED) is 0.739. The van der Waals surface area contributed by atoms with Crippen molar-refractivity contribution in [1.29, 1.82) is 0 Å². The highest BCUT2D eigenvalue weighted by Gasteiger charge is 2.20. The molecule has 3 heterocycles. The Hall–Kier alpha value is -1.88. The number of pyridine rings is 2. The van der Waals surface area contributed by atoms with E-state index in [1.54, 1.807) is 6.20 Å².